The summed E-state index contributed by atoms with van der Waals surface area (Å²) in [7, 11) is 0. The zero-order valence-corrected chi connectivity index (χ0v) is 17.1. The molecule has 0 spiro atoms. The maximum Gasteiger partial charge on any atom is 0.309 e. The van der Waals surface area contributed by atoms with Gasteiger partial charge in [0.05, 0.1) is 17.7 Å². The van der Waals surface area contributed by atoms with Crippen LogP contribution in [-0.2, 0) is 6.54 Å². The Kier molecular flexibility index (Phi) is 7.33. The first-order chi connectivity index (χ1) is 13.6. The fraction of sp³-hybridized carbons (Fsp3) is 0.550. The smallest absolute Gasteiger partial charge is 0.309 e. The van der Waals surface area contributed by atoms with Crippen molar-refractivity contribution < 1.29 is 14.2 Å². The largest absolute Gasteiger partial charge is 0.494 e. The molecule has 1 N–H and O–H groups in total. The predicted octanol–water partition coefficient (Wildman–Crippen LogP) is 3.15. The quantitative estimate of drug-likeness (QED) is 0.645. The minimum atomic E-state index is -0.239. The van der Waals surface area contributed by atoms with Crippen LogP contribution in [0.5, 0.6) is 11.6 Å². The average molecular weight is 410 g/mol. The SMILES string of the molecule is CCOc1ccc(F)cc1N1CCN(CCCCCn2c(O)csc2=O)CC1. The molecule has 6 nitrogen and oxygen atoms in total. The van der Waals surface area contributed by atoms with Crippen molar-refractivity contribution in [1.82, 2.24) is 9.47 Å². The molecule has 3 rings (SSSR count). The zero-order valence-electron chi connectivity index (χ0n) is 16.3. The molecule has 0 radical (unpaired) electrons. The lowest BCUT2D eigenvalue weighted by Crippen LogP contribution is -2.46. The summed E-state index contributed by atoms with van der Waals surface area (Å²) in [6.07, 6.45) is 2.95. The second-order valence-electron chi connectivity index (χ2n) is 6.95. The molecule has 8 heteroatoms. The van der Waals surface area contributed by atoms with Crippen LogP contribution in [0.4, 0.5) is 10.1 Å². The van der Waals surface area contributed by atoms with Crippen LogP contribution in [0.15, 0.2) is 28.4 Å². The van der Waals surface area contributed by atoms with Crippen molar-refractivity contribution in [2.75, 3.05) is 44.2 Å². The molecule has 0 unspecified atom stereocenters. The van der Waals surface area contributed by atoms with Crippen LogP contribution in [0.2, 0.25) is 0 Å². The van der Waals surface area contributed by atoms with Crippen molar-refractivity contribution in [3.05, 3.63) is 39.1 Å². The molecule has 1 fully saturated rings. The summed E-state index contributed by atoms with van der Waals surface area (Å²) < 4.78 is 20.8. The Hall–Kier alpha value is -2.06. The third-order valence-corrected chi connectivity index (χ3v) is 5.80. The number of unbranched alkanes of at least 4 members (excludes halogenated alkanes) is 2. The molecule has 1 aromatic heterocycles. The average Bonchev–Trinajstić information content (AvgIpc) is 3.02. The fourth-order valence-corrected chi connectivity index (χ4v) is 4.18. The zero-order chi connectivity index (χ0) is 19.9. The number of ether oxygens (including phenoxy) is 1. The lowest BCUT2D eigenvalue weighted by Gasteiger charge is -2.36. The van der Waals surface area contributed by atoms with Crippen molar-refractivity contribution in [3.63, 3.8) is 0 Å². The van der Waals surface area contributed by atoms with Gasteiger partial charge >= 0.3 is 4.87 Å². The number of anilines is 1. The Bertz CT molecular complexity index is 815. The van der Waals surface area contributed by atoms with E-state index in [-0.39, 0.29) is 16.6 Å². The molecule has 1 aromatic carbocycles. The summed E-state index contributed by atoms with van der Waals surface area (Å²) in [6, 6.07) is 4.70. The number of halogens is 1. The number of piperazine rings is 1. The molecule has 1 aliphatic rings. The minimum absolute atomic E-state index is 0.0647. The van der Waals surface area contributed by atoms with Gasteiger partial charge in [0, 0.05) is 38.8 Å². The van der Waals surface area contributed by atoms with Crippen molar-refractivity contribution in [1.29, 1.82) is 0 Å². The Balaban J connectivity index is 1.40. The highest BCUT2D eigenvalue weighted by molar-refractivity contribution is 7.07. The molecule has 0 aliphatic carbocycles. The summed E-state index contributed by atoms with van der Waals surface area (Å²) in [5, 5.41) is 11.1. The lowest BCUT2D eigenvalue weighted by molar-refractivity contribution is 0.250. The number of thiazole rings is 1. The van der Waals surface area contributed by atoms with Crippen LogP contribution in [0.3, 0.4) is 0 Å². The van der Waals surface area contributed by atoms with Crippen LogP contribution in [0.25, 0.3) is 0 Å². The van der Waals surface area contributed by atoms with Crippen LogP contribution in [0.1, 0.15) is 26.2 Å². The van der Waals surface area contributed by atoms with Gasteiger partial charge in [-0.2, -0.15) is 0 Å². The van der Waals surface area contributed by atoms with Crippen molar-refractivity contribution in [2.24, 2.45) is 0 Å². The number of hydrogen-bond donors (Lipinski definition) is 1. The molecule has 154 valence electrons. The normalized spacial score (nSPS) is 15.1. The van der Waals surface area contributed by atoms with Gasteiger partial charge in [-0.3, -0.25) is 14.3 Å². The molecule has 0 saturated carbocycles. The van der Waals surface area contributed by atoms with Gasteiger partial charge in [-0.15, -0.1) is 0 Å². The van der Waals surface area contributed by atoms with Gasteiger partial charge < -0.3 is 14.7 Å². The Labute approximate surface area is 168 Å². The Morgan fingerprint density at radius 1 is 1.14 bits per heavy atom. The van der Waals surface area contributed by atoms with Crippen LogP contribution in [0, 0.1) is 5.82 Å². The van der Waals surface area contributed by atoms with Crippen LogP contribution >= 0.6 is 11.3 Å². The van der Waals surface area contributed by atoms with E-state index in [2.05, 4.69) is 9.80 Å². The number of hydrogen-bond acceptors (Lipinski definition) is 6. The number of aromatic hydroxyl groups is 1. The van der Waals surface area contributed by atoms with E-state index in [0.717, 1.165) is 74.8 Å². The van der Waals surface area contributed by atoms with E-state index in [1.165, 1.54) is 16.0 Å². The monoisotopic (exact) mass is 409 g/mol. The highest BCUT2D eigenvalue weighted by atomic mass is 32.1. The van der Waals surface area contributed by atoms with Crippen molar-refractivity contribution in [2.45, 2.75) is 32.7 Å². The third kappa shape index (κ3) is 5.26. The van der Waals surface area contributed by atoms with E-state index in [9.17, 15) is 14.3 Å². The van der Waals surface area contributed by atoms with E-state index in [4.69, 9.17) is 4.74 Å². The summed E-state index contributed by atoms with van der Waals surface area (Å²) in [4.78, 5) is 16.1. The first kappa shape index (κ1) is 20.7. The maximum absolute atomic E-state index is 13.7. The highest BCUT2D eigenvalue weighted by Gasteiger charge is 2.20. The second-order valence-corrected chi connectivity index (χ2v) is 7.77. The number of aromatic nitrogens is 1. The molecular weight excluding hydrogens is 381 g/mol. The molecule has 1 aliphatic heterocycles. The summed E-state index contributed by atoms with van der Waals surface area (Å²) in [5.41, 5.74) is 0.836. The summed E-state index contributed by atoms with van der Waals surface area (Å²) in [6.45, 7) is 7.65. The minimum Gasteiger partial charge on any atom is -0.494 e. The van der Waals surface area contributed by atoms with Crippen molar-refractivity contribution >= 4 is 17.0 Å². The standard InChI is InChI=1S/C20H28FN3O3S/c1-2-27-18-7-6-16(21)14-17(18)23-12-10-22(11-13-23)8-4-3-5-9-24-19(25)15-28-20(24)26/h6-7,14-15,25H,2-5,8-13H2,1H3. The summed E-state index contributed by atoms with van der Waals surface area (Å²) >= 11 is 1.03. The maximum atomic E-state index is 13.7. The van der Waals surface area contributed by atoms with E-state index in [0.29, 0.717) is 13.2 Å². The van der Waals surface area contributed by atoms with E-state index >= 15 is 0 Å². The first-order valence-corrected chi connectivity index (χ1v) is 10.7. The number of rotatable bonds is 9. The molecule has 28 heavy (non-hydrogen) atoms. The van der Waals surface area contributed by atoms with Crippen LogP contribution in [-0.4, -0.2) is 53.9 Å². The Morgan fingerprint density at radius 2 is 1.89 bits per heavy atom. The lowest BCUT2D eigenvalue weighted by atomic mass is 10.2. The third-order valence-electron chi connectivity index (χ3n) is 5.05. The molecule has 2 heterocycles. The number of nitrogens with zero attached hydrogens (tertiary/aromatic N) is 3. The van der Waals surface area contributed by atoms with Gasteiger partial charge in [-0.1, -0.05) is 17.8 Å². The van der Waals surface area contributed by atoms with Gasteiger partial charge in [-0.05, 0) is 38.4 Å². The molecule has 0 amide bonds. The van der Waals surface area contributed by atoms with Crippen molar-refractivity contribution in [3.8, 4) is 11.6 Å². The first-order valence-electron chi connectivity index (χ1n) is 9.85. The molecule has 0 atom stereocenters. The highest BCUT2D eigenvalue weighted by Crippen LogP contribution is 2.30. The molecule has 2 aromatic rings. The molecular formula is C20H28FN3O3S. The van der Waals surface area contributed by atoms with Crippen LogP contribution < -0.4 is 14.5 Å². The van der Waals surface area contributed by atoms with Gasteiger partial charge in [-0.25, -0.2) is 4.39 Å². The second kappa shape index (κ2) is 9.93. The Morgan fingerprint density at radius 3 is 2.57 bits per heavy atom. The molecule has 0 bridgehead atoms. The van der Waals surface area contributed by atoms with Gasteiger partial charge in [0.15, 0.2) is 0 Å². The molecule has 1 saturated heterocycles. The van der Waals surface area contributed by atoms with Gasteiger partial charge in [0.1, 0.15) is 11.6 Å². The number of benzene rings is 1. The van der Waals surface area contributed by atoms with E-state index < -0.39 is 0 Å². The topological polar surface area (TPSA) is 57.9 Å². The summed E-state index contributed by atoms with van der Waals surface area (Å²) in [5.74, 6) is 0.566. The predicted molar refractivity (Wildman–Crippen MR) is 110 cm³/mol. The fourth-order valence-electron chi connectivity index (χ4n) is 3.54. The van der Waals surface area contributed by atoms with E-state index in [1.54, 1.807) is 12.1 Å². The van der Waals surface area contributed by atoms with Gasteiger partial charge in [0.25, 0.3) is 0 Å². The van der Waals surface area contributed by atoms with Gasteiger partial charge in [0.2, 0.25) is 5.88 Å². The van der Waals surface area contributed by atoms with E-state index in [1.807, 2.05) is 6.92 Å².